The van der Waals surface area contributed by atoms with Gasteiger partial charge in [0.1, 0.15) is 0 Å². The van der Waals surface area contributed by atoms with Crippen molar-refractivity contribution in [2.45, 2.75) is 65.2 Å². The lowest BCUT2D eigenvalue weighted by atomic mass is 10.1. The molecule has 0 fully saturated rings. The number of hydrogen-bond acceptors (Lipinski definition) is 2. The average Bonchev–Trinajstić information content (AvgIpc) is 2.27. The third-order valence-corrected chi connectivity index (χ3v) is 2.79. The van der Waals surface area contributed by atoms with Gasteiger partial charge in [-0.05, 0) is 19.4 Å². The summed E-state index contributed by atoms with van der Waals surface area (Å²) < 4.78 is 0. The summed E-state index contributed by atoms with van der Waals surface area (Å²) in [4.78, 5) is 22.1. The molecular formula is C14H25NO2. The number of amides is 1. The molecule has 0 aliphatic rings. The SMILES string of the molecule is CCCCCCCCCC(=O)/C=C(\C)C(N)=O. The monoisotopic (exact) mass is 239 g/mol. The highest BCUT2D eigenvalue weighted by molar-refractivity contribution is 6.00. The first-order valence-corrected chi connectivity index (χ1v) is 6.58. The summed E-state index contributed by atoms with van der Waals surface area (Å²) >= 11 is 0. The average molecular weight is 239 g/mol. The van der Waals surface area contributed by atoms with Crippen molar-refractivity contribution in [2.24, 2.45) is 5.73 Å². The number of nitrogens with two attached hydrogens (primary N) is 1. The van der Waals surface area contributed by atoms with Gasteiger partial charge in [0.05, 0.1) is 0 Å². The fourth-order valence-electron chi connectivity index (χ4n) is 1.64. The van der Waals surface area contributed by atoms with E-state index in [1.54, 1.807) is 6.92 Å². The maximum atomic E-state index is 11.4. The van der Waals surface area contributed by atoms with E-state index >= 15 is 0 Å². The van der Waals surface area contributed by atoms with Crippen molar-refractivity contribution in [3.05, 3.63) is 11.6 Å². The third kappa shape index (κ3) is 9.79. The van der Waals surface area contributed by atoms with Crippen LogP contribution < -0.4 is 5.73 Å². The van der Waals surface area contributed by atoms with Crippen LogP contribution in [0.1, 0.15) is 65.2 Å². The predicted octanol–water partition coefficient (Wildman–Crippen LogP) is 3.13. The Bertz CT molecular complexity index is 269. The van der Waals surface area contributed by atoms with Crippen LogP contribution in [0.4, 0.5) is 0 Å². The molecule has 0 aromatic rings. The molecule has 0 atom stereocenters. The summed E-state index contributed by atoms with van der Waals surface area (Å²) in [7, 11) is 0. The van der Waals surface area contributed by atoms with Crippen LogP contribution in [0.15, 0.2) is 11.6 Å². The number of primary amides is 1. The molecule has 0 unspecified atom stereocenters. The van der Waals surface area contributed by atoms with E-state index in [1.165, 1.54) is 38.2 Å². The van der Waals surface area contributed by atoms with Crippen molar-refractivity contribution in [3.8, 4) is 0 Å². The second-order valence-corrected chi connectivity index (χ2v) is 4.53. The molecule has 3 nitrogen and oxygen atoms in total. The number of allylic oxidation sites excluding steroid dienone is 1. The molecule has 0 bridgehead atoms. The Labute approximate surface area is 104 Å². The quantitative estimate of drug-likeness (QED) is 0.470. The second kappa shape index (κ2) is 10.1. The summed E-state index contributed by atoms with van der Waals surface area (Å²) in [5.41, 5.74) is 5.39. The number of carbonyl (C=O) groups is 2. The number of unbranched alkanes of at least 4 members (excludes halogenated alkanes) is 6. The maximum Gasteiger partial charge on any atom is 0.244 e. The number of ketones is 1. The van der Waals surface area contributed by atoms with E-state index in [1.807, 2.05) is 0 Å². The normalized spacial score (nSPS) is 11.5. The molecular weight excluding hydrogens is 214 g/mol. The molecule has 0 radical (unpaired) electrons. The molecule has 1 amide bonds. The van der Waals surface area contributed by atoms with Gasteiger partial charge in [-0.25, -0.2) is 0 Å². The zero-order valence-corrected chi connectivity index (χ0v) is 11.1. The predicted molar refractivity (Wildman–Crippen MR) is 70.6 cm³/mol. The summed E-state index contributed by atoms with van der Waals surface area (Å²) in [5.74, 6) is -0.507. The third-order valence-electron chi connectivity index (χ3n) is 2.79. The Hall–Kier alpha value is -1.12. The minimum atomic E-state index is -0.516. The Morgan fingerprint density at radius 2 is 1.53 bits per heavy atom. The minimum Gasteiger partial charge on any atom is -0.366 e. The Morgan fingerprint density at radius 3 is 2.06 bits per heavy atom. The van der Waals surface area contributed by atoms with Crippen LogP contribution in [0, 0.1) is 0 Å². The molecule has 3 heteroatoms. The van der Waals surface area contributed by atoms with Crippen LogP contribution in [-0.4, -0.2) is 11.7 Å². The molecule has 17 heavy (non-hydrogen) atoms. The zero-order valence-electron chi connectivity index (χ0n) is 11.1. The van der Waals surface area contributed by atoms with Gasteiger partial charge in [0.15, 0.2) is 5.78 Å². The summed E-state index contributed by atoms with van der Waals surface area (Å²) in [6, 6.07) is 0. The molecule has 2 N–H and O–H groups in total. The highest BCUT2D eigenvalue weighted by atomic mass is 16.1. The van der Waals surface area contributed by atoms with E-state index < -0.39 is 5.91 Å². The van der Waals surface area contributed by atoms with Crippen molar-refractivity contribution in [1.82, 2.24) is 0 Å². The summed E-state index contributed by atoms with van der Waals surface area (Å²) in [6.07, 6.45) is 10.2. The van der Waals surface area contributed by atoms with E-state index in [0.29, 0.717) is 12.0 Å². The smallest absolute Gasteiger partial charge is 0.244 e. The van der Waals surface area contributed by atoms with Gasteiger partial charge in [0.25, 0.3) is 0 Å². The molecule has 0 spiro atoms. The van der Waals surface area contributed by atoms with Crippen molar-refractivity contribution < 1.29 is 9.59 Å². The van der Waals surface area contributed by atoms with Gasteiger partial charge in [0, 0.05) is 12.0 Å². The molecule has 0 saturated heterocycles. The molecule has 0 rings (SSSR count). The van der Waals surface area contributed by atoms with E-state index in [4.69, 9.17) is 5.73 Å². The van der Waals surface area contributed by atoms with Gasteiger partial charge < -0.3 is 5.73 Å². The van der Waals surface area contributed by atoms with Crippen LogP contribution in [0.5, 0.6) is 0 Å². The summed E-state index contributed by atoms with van der Waals surface area (Å²) in [6.45, 7) is 3.77. The lowest BCUT2D eigenvalue weighted by molar-refractivity contribution is -0.117. The highest BCUT2D eigenvalue weighted by Gasteiger charge is 2.02. The van der Waals surface area contributed by atoms with E-state index in [9.17, 15) is 9.59 Å². The van der Waals surface area contributed by atoms with Crippen molar-refractivity contribution in [2.75, 3.05) is 0 Å². The largest absolute Gasteiger partial charge is 0.366 e. The maximum absolute atomic E-state index is 11.4. The molecule has 98 valence electrons. The first-order valence-electron chi connectivity index (χ1n) is 6.58. The van der Waals surface area contributed by atoms with Crippen LogP contribution in [0.3, 0.4) is 0 Å². The van der Waals surface area contributed by atoms with Crippen LogP contribution >= 0.6 is 0 Å². The first kappa shape index (κ1) is 15.9. The summed E-state index contributed by atoms with van der Waals surface area (Å²) in [5, 5.41) is 0. The molecule has 0 aromatic carbocycles. The van der Waals surface area contributed by atoms with Crippen molar-refractivity contribution in [3.63, 3.8) is 0 Å². The van der Waals surface area contributed by atoms with Gasteiger partial charge >= 0.3 is 0 Å². The van der Waals surface area contributed by atoms with Gasteiger partial charge in [0.2, 0.25) is 5.91 Å². The molecule has 0 aromatic heterocycles. The molecule has 0 heterocycles. The number of rotatable bonds is 10. The molecule has 0 aliphatic heterocycles. The lowest BCUT2D eigenvalue weighted by Gasteiger charge is -2.00. The highest BCUT2D eigenvalue weighted by Crippen LogP contribution is 2.09. The topological polar surface area (TPSA) is 60.2 Å². The molecule has 0 aliphatic carbocycles. The lowest BCUT2D eigenvalue weighted by Crippen LogP contribution is -2.12. The second-order valence-electron chi connectivity index (χ2n) is 4.53. The fourth-order valence-corrected chi connectivity index (χ4v) is 1.64. The zero-order chi connectivity index (χ0) is 13.1. The van der Waals surface area contributed by atoms with Crippen LogP contribution in [0.2, 0.25) is 0 Å². The Balaban J connectivity index is 3.52. The number of hydrogen-bond donors (Lipinski definition) is 1. The van der Waals surface area contributed by atoms with Gasteiger partial charge in [-0.3, -0.25) is 9.59 Å². The minimum absolute atomic E-state index is 0.00913. The standard InChI is InChI=1S/C14H25NO2/c1-3-4-5-6-7-8-9-10-13(16)11-12(2)14(15)17/h11H,3-10H2,1-2H3,(H2,15,17)/b12-11+. The van der Waals surface area contributed by atoms with Crippen LogP contribution in [-0.2, 0) is 9.59 Å². The van der Waals surface area contributed by atoms with E-state index in [0.717, 1.165) is 12.8 Å². The van der Waals surface area contributed by atoms with Gasteiger partial charge in [-0.2, -0.15) is 0 Å². The first-order chi connectivity index (χ1) is 8.07. The number of carbonyl (C=O) groups excluding carboxylic acids is 2. The van der Waals surface area contributed by atoms with Crippen molar-refractivity contribution in [1.29, 1.82) is 0 Å². The van der Waals surface area contributed by atoms with E-state index in [2.05, 4.69) is 6.92 Å². The van der Waals surface area contributed by atoms with Gasteiger partial charge in [-0.1, -0.05) is 45.4 Å². The van der Waals surface area contributed by atoms with Gasteiger partial charge in [-0.15, -0.1) is 0 Å². The fraction of sp³-hybridized carbons (Fsp3) is 0.714. The molecule has 0 saturated carbocycles. The Kier molecular flexibility index (Phi) is 9.40. The van der Waals surface area contributed by atoms with E-state index in [-0.39, 0.29) is 5.78 Å². The van der Waals surface area contributed by atoms with Crippen molar-refractivity contribution >= 4 is 11.7 Å². The van der Waals surface area contributed by atoms with Crippen LogP contribution in [0.25, 0.3) is 0 Å². The Morgan fingerprint density at radius 1 is 1.00 bits per heavy atom.